The number of para-hydroxylation sites is 1. The molecule has 1 N–H and O–H groups in total. The summed E-state index contributed by atoms with van der Waals surface area (Å²) in [6, 6.07) is 15.2. The van der Waals surface area contributed by atoms with Crippen LogP contribution in [-0.2, 0) is 12.7 Å². The number of aromatic nitrogens is 1. The first kappa shape index (κ1) is 24.9. The number of nitrogens with zero attached hydrogens (tertiary/aromatic N) is 2. The molecule has 2 bridgehead atoms. The van der Waals surface area contributed by atoms with Crippen molar-refractivity contribution in [3.8, 4) is 0 Å². The van der Waals surface area contributed by atoms with Gasteiger partial charge < -0.3 is 26.6 Å². The molecule has 1 aromatic heterocycles. The summed E-state index contributed by atoms with van der Waals surface area (Å²) >= 11 is 0. The van der Waals surface area contributed by atoms with Crippen molar-refractivity contribution in [1.29, 1.82) is 0 Å². The van der Waals surface area contributed by atoms with Crippen LogP contribution in [0.2, 0.25) is 0 Å². The van der Waals surface area contributed by atoms with E-state index < -0.39 is 17.8 Å². The number of alkyl halides is 3. The molecule has 0 radical (unpaired) electrons. The van der Waals surface area contributed by atoms with Crippen LogP contribution in [0.15, 0.2) is 73.4 Å². The maximum absolute atomic E-state index is 13.4. The van der Waals surface area contributed by atoms with E-state index in [1.54, 1.807) is 12.3 Å². The second kappa shape index (κ2) is 9.44. The van der Waals surface area contributed by atoms with Crippen LogP contribution in [0.25, 0.3) is 10.9 Å². The van der Waals surface area contributed by atoms with Crippen molar-refractivity contribution in [3.63, 3.8) is 0 Å². The molecule has 34 heavy (non-hydrogen) atoms. The first-order valence-electron chi connectivity index (χ1n) is 11.5. The lowest BCUT2D eigenvalue weighted by Crippen LogP contribution is -3.00. The summed E-state index contributed by atoms with van der Waals surface area (Å²) in [5.41, 5.74) is 1.71. The number of pyridine rings is 1. The molecule has 3 fully saturated rings. The van der Waals surface area contributed by atoms with Crippen LogP contribution in [0.1, 0.15) is 35.6 Å². The second-order valence-electron chi connectivity index (χ2n) is 9.59. The maximum atomic E-state index is 13.4. The molecule has 6 rings (SSSR count). The Morgan fingerprint density at radius 1 is 1.15 bits per heavy atom. The van der Waals surface area contributed by atoms with E-state index in [4.69, 9.17) is 0 Å². The lowest BCUT2D eigenvalue weighted by Gasteiger charge is -2.58. The van der Waals surface area contributed by atoms with Gasteiger partial charge in [-0.2, -0.15) is 13.2 Å². The third-order valence-electron chi connectivity index (χ3n) is 7.79. The topological polar surface area (TPSA) is 33.1 Å². The monoisotopic (exact) mass is 532 g/mol. The Morgan fingerprint density at radius 3 is 2.71 bits per heavy atom. The van der Waals surface area contributed by atoms with Crippen molar-refractivity contribution in [1.82, 2.24) is 4.98 Å². The quantitative estimate of drug-likeness (QED) is 0.405. The molecule has 1 unspecified atom stereocenters. The molecule has 180 valence electrons. The van der Waals surface area contributed by atoms with Gasteiger partial charge in [0.2, 0.25) is 0 Å². The van der Waals surface area contributed by atoms with Crippen molar-refractivity contribution in [2.75, 3.05) is 13.1 Å². The smallest absolute Gasteiger partial charge is 0.416 e. The predicted molar refractivity (Wildman–Crippen MR) is 122 cm³/mol. The van der Waals surface area contributed by atoms with Crippen LogP contribution < -0.4 is 17.0 Å². The molecular weight excluding hydrogens is 505 g/mol. The van der Waals surface area contributed by atoms with Gasteiger partial charge in [-0.15, -0.1) is 6.58 Å². The van der Waals surface area contributed by atoms with Gasteiger partial charge in [-0.25, -0.2) is 0 Å². The van der Waals surface area contributed by atoms with E-state index in [0.717, 1.165) is 48.5 Å². The molecule has 2 aromatic carbocycles. The van der Waals surface area contributed by atoms with Gasteiger partial charge in [0.05, 0.1) is 24.2 Å². The minimum atomic E-state index is -4.37. The van der Waals surface area contributed by atoms with Gasteiger partial charge in [0.25, 0.3) is 0 Å². The summed E-state index contributed by atoms with van der Waals surface area (Å²) in [7, 11) is 0. The summed E-state index contributed by atoms with van der Waals surface area (Å²) < 4.78 is 40.7. The molecule has 0 spiro atoms. The van der Waals surface area contributed by atoms with Gasteiger partial charge in [0, 0.05) is 35.9 Å². The van der Waals surface area contributed by atoms with Crippen molar-refractivity contribution >= 4 is 10.9 Å². The van der Waals surface area contributed by atoms with Crippen LogP contribution >= 0.6 is 0 Å². The molecule has 3 aliphatic heterocycles. The fourth-order valence-electron chi connectivity index (χ4n) is 6.17. The van der Waals surface area contributed by atoms with Crippen LogP contribution in [0, 0.1) is 11.8 Å². The maximum Gasteiger partial charge on any atom is 0.416 e. The Morgan fingerprint density at radius 2 is 1.94 bits per heavy atom. The van der Waals surface area contributed by atoms with Gasteiger partial charge in [0.15, 0.2) is 0 Å². The molecule has 3 saturated heterocycles. The largest absolute Gasteiger partial charge is 1.00 e. The van der Waals surface area contributed by atoms with Gasteiger partial charge in [0.1, 0.15) is 18.7 Å². The van der Waals surface area contributed by atoms with Crippen LogP contribution in [0.4, 0.5) is 13.2 Å². The zero-order valence-corrected chi connectivity index (χ0v) is 20.3. The van der Waals surface area contributed by atoms with Crippen LogP contribution in [0.5, 0.6) is 0 Å². The number of hydrogen-bond donors (Lipinski definition) is 1. The zero-order chi connectivity index (χ0) is 23.2. The highest BCUT2D eigenvalue weighted by molar-refractivity contribution is 5.82. The molecule has 7 heteroatoms. The molecule has 0 aliphatic carbocycles. The van der Waals surface area contributed by atoms with E-state index >= 15 is 0 Å². The third kappa shape index (κ3) is 4.41. The molecular formula is C27H28BrF3N2O. The Hall–Kier alpha value is -2.22. The van der Waals surface area contributed by atoms with E-state index in [9.17, 15) is 18.3 Å². The number of hydrogen-bond acceptors (Lipinski definition) is 2. The fourth-order valence-corrected chi connectivity index (χ4v) is 6.17. The minimum Gasteiger partial charge on any atom is -1.00 e. The van der Waals surface area contributed by atoms with E-state index in [2.05, 4.69) is 11.6 Å². The van der Waals surface area contributed by atoms with E-state index in [1.807, 2.05) is 36.4 Å². The standard InChI is InChI=1S/C27H28F3N2O.BrH/c1-2-19-17-32(16-18-6-5-7-21(14-18)27(28,29)30)13-11-20(19)15-25(32)26(33)23-10-12-31-24-9-4-3-8-22(23)24;/h2-10,12,14,19-20,25-26,33H,1,11,13,15-17H2;1H/q+1;/p-1/t19-,20-,25+,26-,32?;/m0./s1. The van der Waals surface area contributed by atoms with Crippen molar-refractivity contribution in [3.05, 3.63) is 90.1 Å². The molecule has 3 aliphatic rings. The van der Waals surface area contributed by atoms with Gasteiger partial charge >= 0.3 is 6.18 Å². The predicted octanol–water partition coefficient (Wildman–Crippen LogP) is 2.90. The number of benzene rings is 2. The number of aliphatic hydroxyl groups is 1. The van der Waals surface area contributed by atoms with E-state index in [0.29, 0.717) is 28.4 Å². The average molecular weight is 533 g/mol. The Labute approximate surface area is 208 Å². The molecule has 0 amide bonds. The van der Waals surface area contributed by atoms with Crippen molar-refractivity contribution in [2.45, 2.75) is 37.7 Å². The Balaban J connectivity index is 0.00000274. The number of aliphatic hydroxyl groups excluding tert-OH is 1. The van der Waals surface area contributed by atoms with Crippen LogP contribution in [0.3, 0.4) is 0 Å². The molecule has 5 atom stereocenters. The molecule has 4 heterocycles. The SMILES string of the molecule is C=C[C@H]1C[N+]2(Cc3cccc(C(F)(F)F)c3)CC[C@H]1C[C@@H]2[C@@H](O)c1ccnc2ccccc12.[Br-]. The second-order valence-corrected chi connectivity index (χ2v) is 9.59. The lowest BCUT2D eigenvalue weighted by atomic mass is 9.71. The van der Waals surface area contributed by atoms with Crippen molar-refractivity contribution < 1.29 is 39.7 Å². The molecule has 0 saturated carbocycles. The lowest BCUT2D eigenvalue weighted by molar-refractivity contribution is -0.984. The van der Waals surface area contributed by atoms with Gasteiger partial charge in [-0.3, -0.25) is 4.98 Å². The summed E-state index contributed by atoms with van der Waals surface area (Å²) in [6.07, 6.45) is 0.443. The molecule has 3 nitrogen and oxygen atoms in total. The molecule has 3 aromatic rings. The Bertz CT molecular complexity index is 1180. The normalized spacial score (nSPS) is 27.2. The summed E-state index contributed by atoms with van der Waals surface area (Å²) in [5, 5.41) is 12.6. The minimum absolute atomic E-state index is 0. The average Bonchev–Trinajstić information content (AvgIpc) is 2.82. The highest BCUT2D eigenvalue weighted by Crippen LogP contribution is 2.48. The van der Waals surface area contributed by atoms with Crippen LogP contribution in [-0.4, -0.2) is 33.7 Å². The van der Waals surface area contributed by atoms with Gasteiger partial charge in [-0.1, -0.05) is 36.4 Å². The first-order chi connectivity index (χ1) is 15.8. The first-order valence-corrected chi connectivity index (χ1v) is 11.5. The van der Waals surface area contributed by atoms with Crippen molar-refractivity contribution in [2.24, 2.45) is 11.8 Å². The van der Waals surface area contributed by atoms with E-state index in [-0.39, 0.29) is 23.0 Å². The number of rotatable bonds is 5. The highest BCUT2D eigenvalue weighted by Gasteiger charge is 2.54. The summed E-state index contributed by atoms with van der Waals surface area (Å²) in [4.78, 5) is 4.42. The number of halogens is 4. The number of quaternary nitrogens is 1. The summed E-state index contributed by atoms with van der Waals surface area (Å²) in [6.45, 7) is 6.12. The zero-order valence-electron chi connectivity index (χ0n) is 18.8. The van der Waals surface area contributed by atoms with Gasteiger partial charge in [-0.05, 0) is 35.7 Å². The third-order valence-corrected chi connectivity index (χ3v) is 7.79. The highest BCUT2D eigenvalue weighted by atomic mass is 79.9. The fraction of sp³-hybridized carbons (Fsp3) is 0.370. The van der Waals surface area contributed by atoms with E-state index in [1.165, 1.54) is 12.1 Å². The summed E-state index contributed by atoms with van der Waals surface area (Å²) in [5.74, 6) is 0.749. The Kier molecular flexibility index (Phi) is 6.91. The number of piperidine rings is 3. The number of fused-ring (bicyclic) bond motifs is 4.